The number of H-pyrrole nitrogens is 1. The second-order valence-electron chi connectivity index (χ2n) is 9.17. The summed E-state index contributed by atoms with van der Waals surface area (Å²) in [6.45, 7) is 7.68. The molecule has 164 valence electrons. The van der Waals surface area contributed by atoms with E-state index in [2.05, 4.69) is 34.0 Å². The molecule has 3 heterocycles. The van der Waals surface area contributed by atoms with Crippen LogP contribution in [-0.4, -0.2) is 50.9 Å². The van der Waals surface area contributed by atoms with E-state index in [0.717, 1.165) is 42.5 Å². The highest BCUT2D eigenvalue weighted by molar-refractivity contribution is 5.93. The molecule has 1 aliphatic carbocycles. The first-order valence-electron chi connectivity index (χ1n) is 11.0. The van der Waals surface area contributed by atoms with Crippen molar-refractivity contribution >= 4 is 16.6 Å². The Morgan fingerprint density at radius 2 is 2.03 bits per heavy atom. The van der Waals surface area contributed by atoms with Gasteiger partial charge in [-0.15, -0.1) is 0 Å². The van der Waals surface area contributed by atoms with Crippen LogP contribution in [0.15, 0.2) is 29.1 Å². The van der Waals surface area contributed by atoms with E-state index in [1.54, 1.807) is 7.05 Å². The zero-order valence-electron chi connectivity index (χ0n) is 18.5. The lowest BCUT2D eigenvalue weighted by Crippen LogP contribution is -2.36. The molecule has 2 fully saturated rings. The molecule has 8 heteroatoms. The van der Waals surface area contributed by atoms with Gasteiger partial charge in [0.15, 0.2) is 0 Å². The van der Waals surface area contributed by atoms with Crippen LogP contribution in [0.4, 0.5) is 5.69 Å². The SMILES string of the molecule is CC1CCN(c2cc(-c3n[nH]c4ccc(OC5(C)CC5)cc34)nn(C)c2=O)CC(C)O1. The number of hydrogen-bond acceptors (Lipinski definition) is 6. The van der Waals surface area contributed by atoms with Gasteiger partial charge in [0.05, 0.1) is 17.7 Å². The van der Waals surface area contributed by atoms with Crippen LogP contribution in [0.2, 0.25) is 0 Å². The number of anilines is 1. The van der Waals surface area contributed by atoms with Crippen LogP contribution in [0.5, 0.6) is 5.75 Å². The summed E-state index contributed by atoms with van der Waals surface area (Å²) < 4.78 is 13.5. The minimum absolute atomic E-state index is 0.0496. The molecule has 1 N–H and O–H groups in total. The molecule has 0 bridgehead atoms. The molecule has 2 unspecified atom stereocenters. The molecule has 5 rings (SSSR count). The van der Waals surface area contributed by atoms with Crippen molar-refractivity contribution in [3.05, 3.63) is 34.6 Å². The quantitative estimate of drug-likeness (QED) is 0.693. The van der Waals surface area contributed by atoms with Gasteiger partial charge in [-0.2, -0.15) is 10.2 Å². The molecule has 1 saturated heterocycles. The van der Waals surface area contributed by atoms with Crippen molar-refractivity contribution in [2.24, 2.45) is 7.05 Å². The van der Waals surface area contributed by atoms with Gasteiger partial charge in [0.25, 0.3) is 5.56 Å². The number of benzene rings is 1. The third kappa shape index (κ3) is 3.92. The molecular weight excluding hydrogens is 394 g/mol. The van der Waals surface area contributed by atoms with Gasteiger partial charge in [0.2, 0.25) is 0 Å². The molecule has 2 atom stereocenters. The zero-order valence-corrected chi connectivity index (χ0v) is 18.5. The number of fused-ring (bicyclic) bond motifs is 1. The number of nitrogens with zero attached hydrogens (tertiary/aromatic N) is 4. The Labute approximate surface area is 181 Å². The molecular formula is C23H29N5O3. The van der Waals surface area contributed by atoms with Gasteiger partial charge in [-0.25, -0.2) is 4.68 Å². The van der Waals surface area contributed by atoms with E-state index in [9.17, 15) is 4.79 Å². The Kier molecular flexibility index (Phi) is 4.77. The van der Waals surface area contributed by atoms with Crippen LogP contribution in [0.3, 0.4) is 0 Å². The molecule has 0 spiro atoms. The maximum atomic E-state index is 12.9. The van der Waals surface area contributed by atoms with Crippen LogP contribution >= 0.6 is 0 Å². The normalized spacial score (nSPS) is 23.0. The van der Waals surface area contributed by atoms with Gasteiger partial charge >= 0.3 is 0 Å². The number of aromatic amines is 1. The molecule has 8 nitrogen and oxygen atoms in total. The smallest absolute Gasteiger partial charge is 0.290 e. The molecule has 1 saturated carbocycles. The number of aromatic nitrogens is 4. The second kappa shape index (κ2) is 7.37. The topological polar surface area (TPSA) is 85.3 Å². The Hall–Kier alpha value is -2.87. The summed E-state index contributed by atoms with van der Waals surface area (Å²) in [4.78, 5) is 15.1. The lowest BCUT2D eigenvalue weighted by atomic mass is 10.1. The molecule has 0 amide bonds. The van der Waals surface area contributed by atoms with Crippen molar-refractivity contribution in [3.8, 4) is 17.1 Å². The standard InChI is InChI=1S/C23H29N5O3/c1-14-7-10-28(13-15(2)30-14)20-12-19(26-27(4)22(20)29)21-17-11-16(31-23(3)8-9-23)5-6-18(17)24-25-21/h5-6,11-12,14-15H,7-10,13H2,1-4H3,(H,24,25). The van der Waals surface area contributed by atoms with Crippen molar-refractivity contribution in [1.29, 1.82) is 0 Å². The minimum atomic E-state index is -0.115. The van der Waals surface area contributed by atoms with Gasteiger partial charge in [-0.1, -0.05) is 0 Å². The molecule has 1 aromatic carbocycles. The van der Waals surface area contributed by atoms with Crippen molar-refractivity contribution in [1.82, 2.24) is 20.0 Å². The molecule has 0 radical (unpaired) electrons. The molecule has 2 aromatic heterocycles. The first-order chi connectivity index (χ1) is 14.8. The van der Waals surface area contributed by atoms with Crippen molar-refractivity contribution in [2.45, 2.75) is 57.8 Å². The second-order valence-corrected chi connectivity index (χ2v) is 9.17. The number of aryl methyl sites for hydroxylation is 1. The third-order valence-corrected chi connectivity index (χ3v) is 6.23. The van der Waals surface area contributed by atoms with Gasteiger partial charge in [-0.3, -0.25) is 9.89 Å². The Bertz CT molecular complexity index is 1180. The predicted octanol–water partition coefficient (Wildman–Crippen LogP) is 3.26. The molecule has 1 aliphatic heterocycles. The summed E-state index contributed by atoms with van der Waals surface area (Å²) in [5.41, 5.74) is 2.74. The molecule has 2 aliphatic rings. The van der Waals surface area contributed by atoms with Crippen LogP contribution in [0.25, 0.3) is 22.3 Å². The average molecular weight is 424 g/mol. The average Bonchev–Trinajstić information content (AvgIpc) is 3.34. The lowest BCUT2D eigenvalue weighted by molar-refractivity contribution is 0.0211. The number of nitrogens with one attached hydrogen (secondary N) is 1. The minimum Gasteiger partial charge on any atom is -0.488 e. The van der Waals surface area contributed by atoms with E-state index >= 15 is 0 Å². The Morgan fingerprint density at radius 3 is 2.81 bits per heavy atom. The summed E-state index contributed by atoms with van der Waals surface area (Å²) in [7, 11) is 1.69. The third-order valence-electron chi connectivity index (χ3n) is 6.23. The summed E-state index contributed by atoms with van der Waals surface area (Å²) in [6, 6.07) is 7.81. The fourth-order valence-electron chi connectivity index (χ4n) is 4.22. The van der Waals surface area contributed by atoms with Gasteiger partial charge in [0.1, 0.15) is 28.4 Å². The van der Waals surface area contributed by atoms with Gasteiger partial charge in [0, 0.05) is 25.5 Å². The van der Waals surface area contributed by atoms with Gasteiger partial charge in [-0.05, 0) is 64.3 Å². The number of hydrogen-bond donors (Lipinski definition) is 1. The van der Waals surface area contributed by atoms with Crippen LogP contribution < -0.4 is 15.2 Å². The maximum Gasteiger partial charge on any atom is 0.290 e. The zero-order chi connectivity index (χ0) is 21.8. The van der Waals surface area contributed by atoms with E-state index in [1.807, 2.05) is 31.2 Å². The van der Waals surface area contributed by atoms with Crippen LogP contribution in [-0.2, 0) is 11.8 Å². The van der Waals surface area contributed by atoms with E-state index < -0.39 is 0 Å². The summed E-state index contributed by atoms with van der Waals surface area (Å²) in [5.74, 6) is 0.827. The first kappa shape index (κ1) is 20.1. The largest absolute Gasteiger partial charge is 0.488 e. The maximum absolute atomic E-state index is 12.9. The summed E-state index contributed by atoms with van der Waals surface area (Å²) in [5, 5.41) is 13.0. The van der Waals surface area contributed by atoms with Crippen LogP contribution in [0, 0.1) is 0 Å². The number of rotatable bonds is 4. The van der Waals surface area contributed by atoms with Crippen molar-refractivity contribution in [3.63, 3.8) is 0 Å². The van der Waals surface area contributed by atoms with Crippen molar-refractivity contribution < 1.29 is 9.47 Å². The predicted molar refractivity (Wildman–Crippen MR) is 120 cm³/mol. The summed E-state index contributed by atoms with van der Waals surface area (Å²) >= 11 is 0. The molecule has 3 aromatic rings. The first-order valence-corrected chi connectivity index (χ1v) is 11.0. The lowest BCUT2D eigenvalue weighted by Gasteiger charge is -2.24. The van der Waals surface area contributed by atoms with Gasteiger partial charge < -0.3 is 14.4 Å². The van der Waals surface area contributed by atoms with E-state index in [0.29, 0.717) is 23.6 Å². The highest BCUT2D eigenvalue weighted by Gasteiger charge is 2.40. The van der Waals surface area contributed by atoms with E-state index in [-0.39, 0.29) is 23.4 Å². The van der Waals surface area contributed by atoms with E-state index in [4.69, 9.17) is 9.47 Å². The highest BCUT2D eigenvalue weighted by Crippen LogP contribution is 2.40. The summed E-state index contributed by atoms with van der Waals surface area (Å²) in [6.07, 6.45) is 3.24. The van der Waals surface area contributed by atoms with E-state index in [1.165, 1.54) is 4.68 Å². The highest BCUT2D eigenvalue weighted by atomic mass is 16.5. The fourth-order valence-corrected chi connectivity index (χ4v) is 4.22. The Balaban J connectivity index is 1.55. The fraction of sp³-hybridized carbons (Fsp3) is 0.522. The van der Waals surface area contributed by atoms with Crippen LogP contribution in [0.1, 0.15) is 40.0 Å². The Morgan fingerprint density at radius 1 is 1.23 bits per heavy atom. The molecule has 31 heavy (non-hydrogen) atoms. The monoisotopic (exact) mass is 423 g/mol. The van der Waals surface area contributed by atoms with Crippen molar-refractivity contribution in [2.75, 3.05) is 18.0 Å². The number of ether oxygens (including phenoxy) is 2.